The Hall–Kier alpha value is -1.42. The summed E-state index contributed by atoms with van der Waals surface area (Å²) in [6.07, 6.45) is 0. The molecule has 0 N–H and O–H groups in total. The predicted octanol–water partition coefficient (Wildman–Crippen LogP) is 2.60. The first-order valence-electron chi connectivity index (χ1n) is 4.40. The first-order valence-corrected chi connectivity index (χ1v) is 5.28. The molecule has 3 nitrogen and oxygen atoms in total. The SMILES string of the molecule is CCOc1ccccc1-c1nncs1. The zero-order chi connectivity index (χ0) is 9.80. The van der Waals surface area contributed by atoms with Gasteiger partial charge >= 0.3 is 0 Å². The van der Waals surface area contributed by atoms with Crippen molar-refractivity contribution in [2.24, 2.45) is 0 Å². The van der Waals surface area contributed by atoms with Crippen LogP contribution in [0.3, 0.4) is 0 Å². The minimum absolute atomic E-state index is 0.663. The molecule has 2 rings (SSSR count). The van der Waals surface area contributed by atoms with E-state index in [9.17, 15) is 0 Å². The van der Waals surface area contributed by atoms with Crippen LogP contribution in [0.5, 0.6) is 5.75 Å². The largest absolute Gasteiger partial charge is 0.493 e. The Balaban J connectivity index is 2.42. The maximum Gasteiger partial charge on any atom is 0.151 e. The summed E-state index contributed by atoms with van der Waals surface area (Å²) in [5.41, 5.74) is 2.73. The van der Waals surface area contributed by atoms with Gasteiger partial charge in [-0.2, -0.15) is 0 Å². The Kier molecular flexibility index (Phi) is 2.74. The van der Waals surface area contributed by atoms with Crippen LogP contribution in [0, 0.1) is 0 Å². The van der Waals surface area contributed by atoms with E-state index in [1.165, 1.54) is 11.3 Å². The number of para-hydroxylation sites is 1. The lowest BCUT2D eigenvalue weighted by molar-refractivity contribution is 0.341. The van der Waals surface area contributed by atoms with Crippen LogP contribution >= 0.6 is 11.3 Å². The van der Waals surface area contributed by atoms with Crippen LogP contribution in [-0.2, 0) is 0 Å². The third kappa shape index (κ3) is 1.75. The topological polar surface area (TPSA) is 35.0 Å². The summed E-state index contributed by atoms with van der Waals surface area (Å²) in [6.45, 7) is 2.63. The Labute approximate surface area is 86.4 Å². The van der Waals surface area contributed by atoms with Crippen LogP contribution in [0.2, 0.25) is 0 Å². The van der Waals surface area contributed by atoms with E-state index in [1.807, 2.05) is 31.2 Å². The van der Waals surface area contributed by atoms with E-state index in [2.05, 4.69) is 10.2 Å². The van der Waals surface area contributed by atoms with Gasteiger partial charge in [0.1, 0.15) is 11.3 Å². The lowest BCUT2D eigenvalue weighted by Gasteiger charge is -2.06. The average Bonchev–Trinajstić information content (AvgIpc) is 2.72. The van der Waals surface area contributed by atoms with Crippen LogP contribution < -0.4 is 4.74 Å². The van der Waals surface area contributed by atoms with Crippen LogP contribution in [0.15, 0.2) is 29.8 Å². The molecule has 4 heteroatoms. The van der Waals surface area contributed by atoms with Crippen LogP contribution in [0.4, 0.5) is 0 Å². The van der Waals surface area contributed by atoms with Crippen LogP contribution in [-0.4, -0.2) is 16.8 Å². The molecule has 0 radical (unpaired) electrons. The molecule has 2 aromatic rings. The Morgan fingerprint density at radius 3 is 2.93 bits per heavy atom. The second-order valence-corrected chi connectivity index (χ2v) is 3.51. The van der Waals surface area contributed by atoms with Crippen molar-refractivity contribution in [1.29, 1.82) is 0 Å². The number of ether oxygens (including phenoxy) is 1. The van der Waals surface area contributed by atoms with E-state index in [1.54, 1.807) is 5.51 Å². The molecule has 0 unspecified atom stereocenters. The molecule has 14 heavy (non-hydrogen) atoms. The van der Waals surface area contributed by atoms with Crippen molar-refractivity contribution >= 4 is 11.3 Å². The monoisotopic (exact) mass is 206 g/mol. The van der Waals surface area contributed by atoms with Gasteiger partial charge in [-0.15, -0.1) is 10.2 Å². The highest BCUT2D eigenvalue weighted by Gasteiger charge is 2.07. The molecule has 0 aliphatic heterocycles. The number of rotatable bonds is 3. The van der Waals surface area contributed by atoms with Crippen molar-refractivity contribution in [2.75, 3.05) is 6.61 Å². The molecule has 0 atom stereocenters. The Morgan fingerprint density at radius 1 is 1.36 bits per heavy atom. The van der Waals surface area contributed by atoms with E-state index in [0.29, 0.717) is 6.61 Å². The van der Waals surface area contributed by atoms with Gasteiger partial charge in [0.15, 0.2) is 5.01 Å². The van der Waals surface area contributed by atoms with Gasteiger partial charge in [-0.1, -0.05) is 23.5 Å². The highest BCUT2D eigenvalue weighted by Crippen LogP contribution is 2.30. The molecule has 72 valence electrons. The van der Waals surface area contributed by atoms with Crippen molar-refractivity contribution in [2.45, 2.75) is 6.92 Å². The molecule has 1 heterocycles. The van der Waals surface area contributed by atoms with Gasteiger partial charge < -0.3 is 4.74 Å². The van der Waals surface area contributed by atoms with Gasteiger partial charge in [-0.3, -0.25) is 0 Å². The van der Waals surface area contributed by atoms with E-state index in [4.69, 9.17) is 4.74 Å². The number of nitrogens with zero attached hydrogens (tertiary/aromatic N) is 2. The second-order valence-electron chi connectivity index (χ2n) is 2.67. The molecule has 0 saturated heterocycles. The normalized spacial score (nSPS) is 10.1. The zero-order valence-corrected chi connectivity index (χ0v) is 8.62. The van der Waals surface area contributed by atoms with Crippen LogP contribution in [0.25, 0.3) is 10.6 Å². The lowest BCUT2D eigenvalue weighted by Crippen LogP contribution is -1.93. The predicted molar refractivity (Wildman–Crippen MR) is 56.5 cm³/mol. The summed E-state index contributed by atoms with van der Waals surface area (Å²) in [5.74, 6) is 0.867. The summed E-state index contributed by atoms with van der Waals surface area (Å²) in [5, 5.41) is 8.73. The third-order valence-corrected chi connectivity index (χ3v) is 2.50. The van der Waals surface area contributed by atoms with Gasteiger partial charge in [0, 0.05) is 0 Å². The summed E-state index contributed by atoms with van der Waals surface area (Å²) in [4.78, 5) is 0. The first-order chi connectivity index (χ1) is 6.92. The number of hydrogen-bond donors (Lipinski definition) is 0. The molecule has 0 aliphatic rings. The van der Waals surface area contributed by atoms with E-state index in [-0.39, 0.29) is 0 Å². The summed E-state index contributed by atoms with van der Waals surface area (Å²) < 4.78 is 5.50. The fourth-order valence-corrected chi connectivity index (χ4v) is 1.80. The van der Waals surface area contributed by atoms with Crippen molar-refractivity contribution in [3.8, 4) is 16.3 Å². The molecule has 0 amide bonds. The first kappa shape index (κ1) is 9.15. The summed E-state index contributed by atoms with van der Waals surface area (Å²) >= 11 is 1.51. The lowest BCUT2D eigenvalue weighted by atomic mass is 10.2. The molecule has 0 fully saturated rings. The molecular formula is C10H10N2OS. The van der Waals surface area contributed by atoms with E-state index in [0.717, 1.165) is 16.3 Å². The summed E-state index contributed by atoms with van der Waals surface area (Å²) in [7, 11) is 0. The number of hydrogen-bond acceptors (Lipinski definition) is 4. The molecule has 1 aromatic heterocycles. The maximum absolute atomic E-state index is 5.50. The molecule has 0 spiro atoms. The van der Waals surface area contributed by atoms with Gasteiger partial charge in [0.25, 0.3) is 0 Å². The maximum atomic E-state index is 5.50. The minimum atomic E-state index is 0.663. The van der Waals surface area contributed by atoms with Crippen molar-refractivity contribution in [1.82, 2.24) is 10.2 Å². The standard InChI is InChI=1S/C10H10N2OS/c1-2-13-9-6-4-3-5-8(9)10-12-11-7-14-10/h3-7H,2H2,1H3. The highest BCUT2D eigenvalue weighted by molar-refractivity contribution is 7.12. The van der Waals surface area contributed by atoms with Crippen molar-refractivity contribution in [3.63, 3.8) is 0 Å². The fraction of sp³-hybridized carbons (Fsp3) is 0.200. The van der Waals surface area contributed by atoms with Gasteiger partial charge in [-0.05, 0) is 19.1 Å². The number of benzene rings is 1. The smallest absolute Gasteiger partial charge is 0.151 e. The van der Waals surface area contributed by atoms with E-state index < -0.39 is 0 Å². The van der Waals surface area contributed by atoms with Gasteiger partial charge in [0.05, 0.1) is 12.2 Å². The fourth-order valence-electron chi connectivity index (χ4n) is 1.22. The Bertz CT molecular complexity index is 400. The van der Waals surface area contributed by atoms with Gasteiger partial charge in [0.2, 0.25) is 0 Å². The third-order valence-electron chi connectivity index (χ3n) is 1.78. The van der Waals surface area contributed by atoms with Crippen molar-refractivity contribution < 1.29 is 4.74 Å². The quantitative estimate of drug-likeness (QED) is 0.774. The molecule has 1 aromatic carbocycles. The molecular weight excluding hydrogens is 196 g/mol. The minimum Gasteiger partial charge on any atom is -0.493 e. The Morgan fingerprint density at radius 2 is 2.21 bits per heavy atom. The average molecular weight is 206 g/mol. The molecule has 0 bridgehead atoms. The van der Waals surface area contributed by atoms with E-state index >= 15 is 0 Å². The second kappa shape index (κ2) is 4.19. The zero-order valence-electron chi connectivity index (χ0n) is 7.80. The number of aromatic nitrogens is 2. The molecule has 0 aliphatic carbocycles. The highest BCUT2D eigenvalue weighted by atomic mass is 32.1. The van der Waals surface area contributed by atoms with Crippen LogP contribution in [0.1, 0.15) is 6.92 Å². The molecule has 0 saturated carbocycles. The van der Waals surface area contributed by atoms with Gasteiger partial charge in [-0.25, -0.2) is 0 Å². The summed E-state index contributed by atoms with van der Waals surface area (Å²) in [6, 6.07) is 7.86. The van der Waals surface area contributed by atoms with Crippen molar-refractivity contribution in [3.05, 3.63) is 29.8 Å².